The number of amides is 1. The van der Waals surface area contributed by atoms with Crippen molar-refractivity contribution in [2.75, 3.05) is 9.80 Å². The largest absolute Gasteiger partial charge is 0.508 e. The van der Waals surface area contributed by atoms with Gasteiger partial charge in [-0.3, -0.25) is 15.6 Å². The molecule has 1 saturated carbocycles. The Hall–Kier alpha value is -3.28. The summed E-state index contributed by atoms with van der Waals surface area (Å²) in [5.74, 6) is -2.44. The summed E-state index contributed by atoms with van der Waals surface area (Å²) in [6, 6.07) is 8.33. The smallest absolute Gasteiger partial charge is 0.451 e. The minimum Gasteiger partial charge on any atom is -0.508 e. The molecule has 3 N–H and O–H groups in total. The van der Waals surface area contributed by atoms with Crippen LogP contribution >= 0.6 is 12.2 Å². The average molecular weight is 436 g/mol. The van der Waals surface area contributed by atoms with Crippen molar-refractivity contribution < 1.29 is 23.1 Å². The molecule has 1 aliphatic heterocycles. The van der Waals surface area contributed by atoms with Crippen LogP contribution in [0.4, 0.5) is 24.7 Å². The van der Waals surface area contributed by atoms with Gasteiger partial charge in [-0.25, -0.2) is 4.90 Å². The van der Waals surface area contributed by atoms with Gasteiger partial charge in [-0.2, -0.15) is 17.9 Å². The molecule has 0 bridgehead atoms. The Labute approximate surface area is 173 Å². The van der Waals surface area contributed by atoms with Gasteiger partial charge >= 0.3 is 6.18 Å². The molecule has 4 rings (SSSR count). The number of hydrogen-bond acceptors (Lipinski definition) is 6. The lowest BCUT2D eigenvalue weighted by Gasteiger charge is -2.43. The third-order valence-electron chi connectivity index (χ3n) is 5.23. The molecule has 2 aromatic rings. The summed E-state index contributed by atoms with van der Waals surface area (Å²) in [4.78, 5) is 16.0. The Balaban J connectivity index is 1.80. The van der Waals surface area contributed by atoms with Crippen molar-refractivity contribution in [3.05, 3.63) is 41.9 Å². The number of benzene rings is 1. The number of carbonyl (C=O) groups excluding carboxylic acids is 1. The number of anilines is 2. The number of hydrogen-bond donors (Lipinski definition) is 3. The second-order valence-corrected chi connectivity index (χ2v) is 7.36. The van der Waals surface area contributed by atoms with E-state index in [2.05, 4.69) is 5.10 Å². The van der Waals surface area contributed by atoms with Crippen LogP contribution in [0.15, 0.2) is 36.4 Å². The summed E-state index contributed by atoms with van der Waals surface area (Å²) < 4.78 is 39.0. The quantitative estimate of drug-likeness (QED) is 0.381. The number of carbonyl (C=O) groups is 1. The Kier molecular flexibility index (Phi) is 4.42. The zero-order valence-corrected chi connectivity index (χ0v) is 16.1. The maximum Gasteiger partial charge on any atom is 0.451 e. The molecule has 2 fully saturated rings. The van der Waals surface area contributed by atoms with Crippen molar-refractivity contribution in [3.63, 3.8) is 0 Å². The number of aromatic hydroxyl groups is 1. The monoisotopic (exact) mass is 436 g/mol. The van der Waals surface area contributed by atoms with Crippen molar-refractivity contribution >= 4 is 40.6 Å². The number of aromatic nitrogens is 2. The van der Waals surface area contributed by atoms with Gasteiger partial charge in [0.15, 0.2) is 10.9 Å². The molecule has 0 unspecified atom stereocenters. The van der Waals surface area contributed by atoms with E-state index in [-0.39, 0.29) is 21.4 Å². The van der Waals surface area contributed by atoms with E-state index in [1.54, 1.807) is 17.0 Å². The minimum absolute atomic E-state index is 0.0284. The van der Waals surface area contributed by atoms with Crippen LogP contribution in [0, 0.1) is 10.8 Å². The number of phenols is 1. The standard InChI is InChI=1S/C18H15F3N6O2S/c19-18(20,21)14(23)27-12(22)6-7-13(24-27)25-15(29)17(8-1-9-17)26(16(25)30)10-2-4-11(28)5-3-10/h2-7,22-23,28H,1,8-9H2. The van der Waals surface area contributed by atoms with Crippen LogP contribution < -0.4 is 15.3 Å². The second kappa shape index (κ2) is 6.62. The first-order chi connectivity index (χ1) is 14.1. The summed E-state index contributed by atoms with van der Waals surface area (Å²) in [5, 5.41) is 28.3. The van der Waals surface area contributed by atoms with E-state index in [4.69, 9.17) is 23.0 Å². The van der Waals surface area contributed by atoms with Crippen LogP contribution in [0.1, 0.15) is 19.3 Å². The molecule has 1 saturated heterocycles. The maximum atomic E-state index is 13.3. The zero-order chi connectivity index (χ0) is 21.8. The Morgan fingerprint density at radius 1 is 1.17 bits per heavy atom. The topological polar surface area (TPSA) is 109 Å². The molecule has 30 heavy (non-hydrogen) atoms. The van der Waals surface area contributed by atoms with E-state index in [0.717, 1.165) is 17.4 Å². The molecule has 1 amide bonds. The Morgan fingerprint density at radius 3 is 2.33 bits per heavy atom. The Morgan fingerprint density at radius 2 is 1.80 bits per heavy atom. The predicted octanol–water partition coefficient (Wildman–Crippen LogP) is 2.52. The number of rotatable bonds is 2. The summed E-state index contributed by atoms with van der Waals surface area (Å²) in [6.45, 7) is 0. The van der Waals surface area contributed by atoms with Gasteiger partial charge in [0.2, 0.25) is 5.84 Å². The van der Waals surface area contributed by atoms with Crippen molar-refractivity contribution in [2.24, 2.45) is 0 Å². The van der Waals surface area contributed by atoms with E-state index in [0.29, 0.717) is 18.5 Å². The number of halogens is 3. The van der Waals surface area contributed by atoms with Crippen LogP contribution in [-0.2, 0) is 4.79 Å². The van der Waals surface area contributed by atoms with Crippen LogP contribution in [0.5, 0.6) is 5.75 Å². The molecule has 156 valence electrons. The van der Waals surface area contributed by atoms with E-state index >= 15 is 0 Å². The van der Waals surface area contributed by atoms with E-state index in [9.17, 15) is 23.1 Å². The average Bonchev–Trinajstić information content (AvgIpc) is 2.89. The molecular formula is C18H15F3N6O2S. The second-order valence-electron chi connectivity index (χ2n) is 7.00. The van der Waals surface area contributed by atoms with Gasteiger partial charge in [0.05, 0.1) is 0 Å². The lowest BCUT2D eigenvalue weighted by Crippen LogP contribution is -2.55. The molecular weight excluding hydrogens is 421 g/mol. The first kappa shape index (κ1) is 20.0. The van der Waals surface area contributed by atoms with Gasteiger partial charge in [0, 0.05) is 5.69 Å². The third-order valence-corrected chi connectivity index (χ3v) is 5.60. The summed E-state index contributed by atoms with van der Waals surface area (Å²) in [5.41, 5.74) is -1.08. The maximum absolute atomic E-state index is 13.3. The van der Waals surface area contributed by atoms with E-state index in [1.807, 2.05) is 0 Å². The van der Waals surface area contributed by atoms with Crippen molar-refractivity contribution in [2.45, 2.75) is 31.0 Å². The first-order valence-electron chi connectivity index (χ1n) is 8.85. The SMILES string of the molecule is N=C(n1nc(N2C(=O)C3(CCC3)N(c3ccc(O)cc3)C2=S)ccc1=N)C(F)(F)F. The Bertz CT molecular complexity index is 1120. The predicted molar refractivity (Wildman–Crippen MR) is 105 cm³/mol. The zero-order valence-electron chi connectivity index (χ0n) is 15.3. The number of alkyl halides is 3. The van der Waals surface area contributed by atoms with Gasteiger partial charge in [-0.05, 0) is 67.9 Å². The van der Waals surface area contributed by atoms with E-state index < -0.39 is 28.9 Å². The lowest BCUT2D eigenvalue weighted by molar-refractivity contribution is -0.123. The fourth-order valence-corrected chi connectivity index (χ4v) is 4.06. The van der Waals surface area contributed by atoms with Crippen molar-refractivity contribution in [3.8, 4) is 5.75 Å². The molecule has 1 aromatic heterocycles. The third kappa shape index (κ3) is 2.86. The summed E-state index contributed by atoms with van der Waals surface area (Å²) in [7, 11) is 0. The molecule has 0 atom stereocenters. The van der Waals surface area contributed by atoms with Crippen LogP contribution in [0.25, 0.3) is 0 Å². The van der Waals surface area contributed by atoms with Gasteiger partial charge in [0.25, 0.3) is 5.91 Å². The number of phenolic OH excluding ortho intramolecular Hbond substituents is 1. The van der Waals surface area contributed by atoms with Gasteiger partial charge < -0.3 is 10.0 Å². The fourth-order valence-electron chi connectivity index (χ4n) is 3.61. The number of thiocarbonyl (C=S) groups is 1. The number of nitrogens with zero attached hydrogens (tertiary/aromatic N) is 4. The first-order valence-corrected chi connectivity index (χ1v) is 9.26. The highest BCUT2D eigenvalue weighted by Gasteiger charge is 2.60. The highest BCUT2D eigenvalue weighted by molar-refractivity contribution is 7.81. The normalized spacial score (nSPS) is 18.1. The highest BCUT2D eigenvalue weighted by atomic mass is 32.1. The molecule has 1 aromatic carbocycles. The van der Waals surface area contributed by atoms with Crippen molar-refractivity contribution in [1.29, 1.82) is 10.8 Å². The van der Waals surface area contributed by atoms with Crippen LogP contribution in [-0.4, -0.2) is 43.5 Å². The molecule has 1 spiro atoms. The molecule has 12 heteroatoms. The van der Waals surface area contributed by atoms with Gasteiger partial charge in [-0.15, -0.1) is 5.10 Å². The molecule has 2 heterocycles. The molecule has 1 aliphatic carbocycles. The van der Waals surface area contributed by atoms with Gasteiger partial charge in [0.1, 0.15) is 16.8 Å². The highest BCUT2D eigenvalue weighted by Crippen LogP contribution is 2.47. The van der Waals surface area contributed by atoms with Crippen LogP contribution in [0.3, 0.4) is 0 Å². The summed E-state index contributed by atoms with van der Waals surface area (Å²) in [6.07, 6.45) is -3.25. The van der Waals surface area contributed by atoms with Crippen LogP contribution in [0.2, 0.25) is 0 Å². The molecule has 0 radical (unpaired) electrons. The summed E-state index contributed by atoms with van der Waals surface area (Å²) >= 11 is 5.50. The lowest BCUT2D eigenvalue weighted by atomic mass is 9.75. The van der Waals surface area contributed by atoms with Crippen molar-refractivity contribution in [1.82, 2.24) is 9.78 Å². The molecule has 2 aliphatic rings. The minimum atomic E-state index is -5.02. The number of nitrogens with one attached hydrogen (secondary N) is 2. The molecule has 8 nitrogen and oxygen atoms in total. The fraction of sp³-hybridized carbons (Fsp3) is 0.278. The van der Waals surface area contributed by atoms with Gasteiger partial charge in [-0.1, -0.05) is 0 Å². The van der Waals surface area contributed by atoms with E-state index in [1.165, 1.54) is 18.2 Å².